The molecule has 3 N–H and O–H groups in total. The molecule has 4 rings (SSSR count). The minimum atomic E-state index is -1.02. The number of aliphatic hydroxyl groups is 2. The Hall–Kier alpha value is -0.870. The Morgan fingerprint density at radius 3 is 2.21 bits per heavy atom. The Labute approximate surface area is 207 Å². The number of allylic oxidation sites excluding steroid dienone is 1. The normalized spacial score (nSPS) is 51.3. The number of hydrogen-bond donors (Lipinski definition) is 3. The average molecular weight is 475 g/mol. The summed E-state index contributed by atoms with van der Waals surface area (Å²) in [6, 6.07) is 0. The van der Waals surface area contributed by atoms with E-state index in [1.54, 1.807) is 0 Å². The second-order valence-electron chi connectivity index (χ2n) is 14.2. The molecule has 0 aliphatic heterocycles. The van der Waals surface area contributed by atoms with Crippen LogP contribution in [-0.2, 0) is 4.79 Å². The van der Waals surface area contributed by atoms with E-state index in [1.165, 1.54) is 5.57 Å². The zero-order chi connectivity index (χ0) is 25.3. The van der Waals surface area contributed by atoms with Crippen molar-refractivity contribution in [2.24, 2.45) is 45.3 Å². The highest BCUT2D eigenvalue weighted by Gasteiger charge is 2.64. The molecule has 0 heterocycles. The average Bonchev–Trinajstić information content (AvgIpc) is 2.74. The van der Waals surface area contributed by atoms with Crippen molar-refractivity contribution in [2.45, 2.75) is 124 Å². The highest BCUT2D eigenvalue weighted by molar-refractivity contribution is 5.77. The van der Waals surface area contributed by atoms with Gasteiger partial charge in [0.25, 0.3) is 0 Å². The lowest BCUT2D eigenvalue weighted by molar-refractivity contribution is -0.184. The van der Waals surface area contributed by atoms with Gasteiger partial charge in [0.05, 0.1) is 17.1 Å². The summed E-state index contributed by atoms with van der Waals surface area (Å²) in [6.45, 7) is 15.7. The summed E-state index contributed by atoms with van der Waals surface area (Å²) in [6.07, 6.45) is 11.2. The van der Waals surface area contributed by atoms with Gasteiger partial charge in [-0.15, -0.1) is 0 Å². The first-order chi connectivity index (χ1) is 15.6. The van der Waals surface area contributed by atoms with E-state index in [0.717, 1.165) is 51.4 Å². The van der Waals surface area contributed by atoms with Crippen LogP contribution >= 0.6 is 0 Å². The fourth-order valence-electron chi connectivity index (χ4n) is 9.27. The molecule has 3 saturated carbocycles. The predicted molar refractivity (Wildman–Crippen MR) is 136 cm³/mol. The molecule has 0 aromatic rings. The molecular weight excluding hydrogens is 424 g/mol. The molecule has 34 heavy (non-hydrogen) atoms. The Morgan fingerprint density at radius 2 is 1.56 bits per heavy atom. The van der Waals surface area contributed by atoms with Crippen molar-refractivity contribution in [3.05, 3.63) is 11.6 Å². The molecule has 9 atom stereocenters. The lowest BCUT2D eigenvalue weighted by Gasteiger charge is -2.61. The van der Waals surface area contributed by atoms with Gasteiger partial charge in [0, 0.05) is 5.92 Å². The van der Waals surface area contributed by atoms with Crippen LogP contribution in [-0.4, -0.2) is 33.0 Å². The van der Waals surface area contributed by atoms with Crippen LogP contribution in [0.3, 0.4) is 0 Å². The van der Waals surface area contributed by atoms with Gasteiger partial charge in [-0.05, 0) is 105 Å². The smallest absolute Gasteiger partial charge is 0.310 e. The van der Waals surface area contributed by atoms with E-state index in [2.05, 4.69) is 47.6 Å². The van der Waals surface area contributed by atoms with Crippen LogP contribution in [0.4, 0.5) is 0 Å². The number of rotatable bonds is 1. The highest BCUT2D eigenvalue weighted by atomic mass is 16.4. The van der Waals surface area contributed by atoms with Crippen LogP contribution in [0.15, 0.2) is 11.6 Å². The SMILES string of the molecule is CC1CCC2C(C)(CCC=C3C4C(C(=O)O)(CCC(C)C4(C)O)CCC31C)CCC(O)C2(C)C. The molecule has 0 aromatic carbocycles. The number of hydrogen-bond acceptors (Lipinski definition) is 3. The van der Waals surface area contributed by atoms with E-state index >= 15 is 0 Å². The fourth-order valence-corrected chi connectivity index (χ4v) is 9.27. The summed E-state index contributed by atoms with van der Waals surface area (Å²) in [4.78, 5) is 12.8. The van der Waals surface area contributed by atoms with Crippen LogP contribution in [0.2, 0.25) is 0 Å². The van der Waals surface area contributed by atoms with Gasteiger partial charge in [0.1, 0.15) is 0 Å². The van der Waals surface area contributed by atoms with Crippen LogP contribution in [0, 0.1) is 45.3 Å². The van der Waals surface area contributed by atoms with Gasteiger partial charge in [0.15, 0.2) is 0 Å². The zero-order valence-corrected chi connectivity index (χ0v) is 22.8. The number of fused-ring (bicyclic) bond motifs is 4. The number of aliphatic hydroxyl groups excluding tert-OH is 1. The molecule has 4 nitrogen and oxygen atoms in total. The van der Waals surface area contributed by atoms with E-state index in [4.69, 9.17) is 0 Å². The lowest BCUT2D eigenvalue weighted by atomic mass is 9.43. The van der Waals surface area contributed by atoms with Crippen molar-refractivity contribution >= 4 is 5.97 Å². The second-order valence-corrected chi connectivity index (χ2v) is 14.2. The maximum absolute atomic E-state index is 12.8. The van der Waals surface area contributed by atoms with Crippen molar-refractivity contribution in [3.8, 4) is 0 Å². The lowest BCUT2D eigenvalue weighted by Crippen LogP contribution is -2.62. The summed E-state index contributed by atoms with van der Waals surface area (Å²) in [7, 11) is 0. The fraction of sp³-hybridized carbons (Fsp3) is 0.900. The van der Waals surface area contributed by atoms with Gasteiger partial charge < -0.3 is 15.3 Å². The van der Waals surface area contributed by atoms with Crippen molar-refractivity contribution in [2.75, 3.05) is 0 Å². The predicted octanol–water partition coefficient (Wildman–Crippen LogP) is 6.59. The molecule has 0 bridgehead atoms. The van der Waals surface area contributed by atoms with Gasteiger partial charge in [-0.1, -0.05) is 53.2 Å². The minimum absolute atomic E-state index is 0.0847. The Balaban J connectivity index is 1.80. The van der Waals surface area contributed by atoms with E-state index in [1.807, 2.05) is 6.92 Å². The molecule has 0 amide bonds. The molecule has 0 radical (unpaired) electrons. The maximum Gasteiger partial charge on any atom is 0.310 e. The topological polar surface area (TPSA) is 77.8 Å². The monoisotopic (exact) mass is 474 g/mol. The largest absolute Gasteiger partial charge is 0.481 e. The summed E-state index contributed by atoms with van der Waals surface area (Å²) < 4.78 is 0. The first-order valence-electron chi connectivity index (χ1n) is 14.0. The van der Waals surface area contributed by atoms with Crippen molar-refractivity contribution in [1.29, 1.82) is 0 Å². The zero-order valence-electron chi connectivity index (χ0n) is 22.8. The number of aliphatic carboxylic acids is 1. The molecule has 0 spiro atoms. The molecule has 4 aliphatic carbocycles. The Kier molecular flexibility index (Phi) is 6.42. The van der Waals surface area contributed by atoms with Gasteiger partial charge in [0.2, 0.25) is 0 Å². The number of carboxylic acids is 1. The quantitative estimate of drug-likeness (QED) is 0.374. The third-order valence-corrected chi connectivity index (χ3v) is 12.3. The Morgan fingerprint density at radius 1 is 0.882 bits per heavy atom. The van der Waals surface area contributed by atoms with Crippen LogP contribution in [0.25, 0.3) is 0 Å². The third kappa shape index (κ3) is 3.64. The maximum atomic E-state index is 12.8. The molecule has 0 saturated heterocycles. The Bertz CT molecular complexity index is 843. The molecule has 9 unspecified atom stereocenters. The van der Waals surface area contributed by atoms with Gasteiger partial charge in [-0.3, -0.25) is 4.79 Å². The van der Waals surface area contributed by atoms with Crippen LogP contribution in [0.5, 0.6) is 0 Å². The van der Waals surface area contributed by atoms with E-state index < -0.39 is 17.0 Å². The van der Waals surface area contributed by atoms with E-state index in [0.29, 0.717) is 24.7 Å². The summed E-state index contributed by atoms with van der Waals surface area (Å²) in [5.74, 6) is -0.0796. The van der Waals surface area contributed by atoms with Gasteiger partial charge >= 0.3 is 5.97 Å². The van der Waals surface area contributed by atoms with Crippen molar-refractivity contribution in [3.63, 3.8) is 0 Å². The second kappa shape index (κ2) is 8.33. The molecule has 4 heteroatoms. The number of carboxylic acid groups (broad SMARTS) is 1. The first-order valence-corrected chi connectivity index (χ1v) is 14.0. The van der Waals surface area contributed by atoms with Crippen LogP contribution in [0.1, 0.15) is 113 Å². The van der Waals surface area contributed by atoms with E-state index in [9.17, 15) is 20.1 Å². The van der Waals surface area contributed by atoms with Crippen molar-refractivity contribution < 1.29 is 20.1 Å². The summed E-state index contributed by atoms with van der Waals surface area (Å²) in [5.41, 5.74) is -0.648. The molecule has 194 valence electrons. The molecule has 0 aromatic heterocycles. The summed E-state index contributed by atoms with van der Waals surface area (Å²) >= 11 is 0. The van der Waals surface area contributed by atoms with Gasteiger partial charge in [-0.25, -0.2) is 0 Å². The highest BCUT2D eigenvalue weighted by Crippen LogP contribution is 2.65. The third-order valence-electron chi connectivity index (χ3n) is 12.3. The van der Waals surface area contributed by atoms with Crippen LogP contribution < -0.4 is 0 Å². The van der Waals surface area contributed by atoms with Crippen molar-refractivity contribution in [1.82, 2.24) is 0 Å². The number of carbonyl (C=O) groups is 1. The first kappa shape index (κ1) is 26.2. The molecule has 4 aliphatic rings. The molecule has 3 fully saturated rings. The standard InChI is InChI=1S/C30H50O4/c1-19-10-11-22-26(3,4)23(31)13-15-27(22,5)14-8-9-21-24-29(7,34)20(2)12-16-30(24,25(32)33)18-17-28(19,21)6/h9,19-20,22-24,31,34H,8,10-18H2,1-7H3,(H,32,33). The van der Waals surface area contributed by atoms with E-state index in [-0.39, 0.29) is 34.2 Å². The minimum Gasteiger partial charge on any atom is -0.481 e. The summed E-state index contributed by atoms with van der Waals surface area (Å²) in [5, 5.41) is 33.3. The van der Waals surface area contributed by atoms with Gasteiger partial charge in [-0.2, -0.15) is 0 Å². The molecular formula is C30H50O4.